The maximum Gasteiger partial charge on any atom is 0.341 e. The number of rotatable bonds is 3. The Hall–Kier alpha value is -1.36. The molecule has 0 amide bonds. The Morgan fingerprint density at radius 3 is 2.79 bits per heavy atom. The van der Waals surface area contributed by atoms with E-state index >= 15 is 0 Å². The lowest BCUT2D eigenvalue weighted by atomic mass is 10.2. The van der Waals surface area contributed by atoms with Gasteiger partial charge in [-0.25, -0.2) is 4.79 Å². The third-order valence-electron chi connectivity index (χ3n) is 1.78. The van der Waals surface area contributed by atoms with Crippen LogP contribution in [0, 0.1) is 0 Å². The monoisotopic (exact) mass is 197 g/mol. The molecule has 1 heterocycles. The average molecular weight is 197 g/mol. The number of hydrogen-bond acceptors (Lipinski definition) is 4. The second-order valence-electron chi connectivity index (χ2n) is 3.39. The largest absolute Gasteiger partial charge is 0.465 e. The van der Waals surface area contributed by atoms with Crippen LogP contribution in [0.3, 0.4) is 0 Å². The van der Waals surface area contributed by atoms with Gasteiger partial charge in [0.05, 0.1) is 12.8 Å². The van der Waals surface area contributed by atoms with Gasteiger partial charge in [-0.2, -0.15) is 5.10 Å². The van der Waals surface area contributed by atoms with Crippen molar-refractivity contribution >= 4 is 5.97 Å². The number of carbonyl (C=O) groups excluding carboxylic acids is 1. The molecule has 0 bridgehead atoms. The van der Waals surface area contributed by atoms with Crippen molar-refractivity contribution in [3.8, 4) is 0 Å². The summed E-state index contributed by atoms with van der Waals surface area (Å²) in [5.74, 6) is -0.338. The van der Waals surface area contributed by atoms with E-state index in [0.29, 0.717) is 12.1 Å². The Labute approximate surface area is 83.3 Å². The van der Waals surface area contributed by atoms with Gasteiger partial charge in [0.1, 0.15) is 5.56 Å². The third-order valence-corrected chi connectivity index (χ3v) is 1.78. The fourth-order valence-electron chi connectivity index (χ4n) is 1.23. The molecule has 0 atom stereocenters. The maximum atomic E-state index is 11.3. The lowest BCUT2D eigenvalue weighted by molar-refractivity contribution is 0.0598. The standard InChI is InChI=1S/C9H15N3O2/c1-11(2)6-8-7(9(13)14-4)5-12(3)10-8/h5H,6H2,1-4H3. The molecule has 1 aromatic rings. The third kappa shape index (κ3) is 2.32. The summed E-state index contributed by atoms with van der Waals surface area (Å²) in [6.07, 6.45) is 1.67. The smallest absolute Gasteiger partial charge is 0.341 e. The highest BCUT2D eigenvalue weighted by Gasteiger charge is 2.15. The molecule has 0 saturated heterocycles. The predicted molar refractivity (Wildman–Crippen MR) is 51.9 cm³/mol. The van der Waals surface area contributed by atoms with E-state index in [1.54, 1.807) is 17.9 Å². The first-order valence-electron chi connectivity index (χ1n) is 4.30. The SMILES string of the molecule is COC(=O)c1cn(C)nc1CN(C)C. The van der Waals surface area contributed by atoms with Crippen LogP contribution in [0.5, 0.6) is 0 Å². The van der Waals surface area contributed by atoms with Crippen LogP contribution in [0.2, 0.25) is 0 Å². The van der Waals surface area contributed by atoms with E-state index in [1.807, 2.05) is 19.0 Å². The van der Waals surface area contributed by atoms with Crippen molar-refractivity contribution < 1.29 is 9.53 Å². The molecule has 0 saturated carbocycles. The lowest BCUT2D eigenvalue weighted by Crippen LogP contribution is -2.14. The van der Waals surface area contributed by atoms with E-state index in [0.717, 1.165) is 5.69 Å². The molecule has 78 valence electrons. The van der Waals surface area contributed by atoms with Gasteiger partial charge in [0.15, 0.2) is 0 Å². The Morgan fingerprint density at radius 2 is 2.29 bits per heavy atom. The normalized spacial score (nSPS) is 10.6. The fourth-order valence-corrected chi connectivity index (χ4v) is 1.23. The number of methoxy groups -OCH3 is 1. The molecule has 1 aromatic heterocycles. The minimum Gasteiger partial charge on any atom is -0.465 e. The molecule has 0 unspecified atom stereocenters. The van der Waals surface area contributed by atoms with Crippen LogP contribution < -0.4 is 0 Å². The van der Waals surface area contributed by atoms with E-state index in [4.69, 9.17) is 0 Å². The summed E-state index contributed by atoms with van der Waals surface area (Å²) < 4.78 is 6.28. The Bertz CT molecular complexity index is 331. The molecule has 0 aliphatic rings. The van der Waals surface area contributed by atoms with Crippen LogP contribution in [-0.4, -0.2) is 41.9 Å². The molecule has 0 aromatic carbocycles. The number of hydrogen-bond donors (Lipinski definition) is 0. The first-order valence-corrected chi connectivity index (χ1v) is 4.30. The average Bonchev–Trinajstić information content (AvgIpc) is 2.44. The Kier molecular flexibility index (Phi) is 3.24. The topological polar surface area (TPSA) is 47.4 Å². The van der Waals surface area contributed by atoms with Gasteiger partial charge >= 0.3 is 5.97 Å². The van der Waals surface area contributed by atoms with E-state index in [2.05, 4.69) is 9.84 Å². The zero-order valence-electron chi connectivity index (χ0n) is 8.94. The molecule has 14 heavy (non-hydrogen) atoms. The van der Waals surface area contributed by atoms with Crippen molar-refractivity contribution in [2.45, 2.75) is 6.54 Å². The molecule has 5 heteroatoms. The predicted octanol–water partition coefficient (Wildman–Crippen LogP) is 0.268. The molecule has 0 aliphatic carbocycles. The summed E-state index contributed by atoms with van der Waals surface area (Å²) >= 11 is 0. The molecular weight excluding hydrogens is 182 g/mol. The van der Waals surface area contributed by atoms with Crippen molar-refractivity contribution in [3.63, 3.8) is 0 Å². The molecule has 0 N–H and O–H groups in total. The quantitative estimate of drug-likeness (QED) is 0.652. The van der Waals surface area contributed by atoms with Crippen molar-refractivity contribution in [2.24, 2.45) is 7.05 Å². The van der Waals surface area contributed by atoms with Gasteiger partial charge in [0.25, 0.3) is 0 Å². The number of ether oxygens (including phenoxy) is 1. The molecular formula is C9H15N3O2. The molecule has 0 aliphatic heterocycles. The Morgan fingerprint density at radius 1 is 1.64 bits per heavy atom. The van der Waals surface area contributed by atoms with Crippen LogP contribution >= 0.6 is 0 Å². The summed E-state index contributed by atoms with van der Waals surface area (Å²) in [5, 5.41) is 4.19. The second-order valence-corrected chi connectivity index (χ2v) is 3.39. The first kappa shape index (κ1) is 10.7. The van der Waals surface area contributed by atoms with E-state index in [9.17, 15) is 4.79 Å². The maximum absolute atomic E-state index is 11.3. The Balaban J connectivity index is 2.96. The van der Waals surface area contributed by atoms with Crippen molar-refractivity contribution in [1.82, 2.24) is 14.7 Å². The summed E-state index contributed by atoms with van der Waals surface area (Å²) in [4.78, 5) is 13.3. The van der Waals surface area contributed by atoms with Gasteiger partial charge in [-0.1, -0.05) is 0 Å². The summed E-state index contributed by atoms with van der Waals surface area (Å²) in [5.41, 5.74) is 1.27. The highest BCUT2D eigenvalue weighted by Crippen LogP contribution is 2.09. The highest BCUT2D eigenvalue weighted by molar-refractivity contribution is 5.90. The summed E-state index contributed by atoms with van der Waals surface area (Å²) in [6.45, 7) is 0.630. The number of esters is 1. The molecule has 0 radical (unpaired) electrons. The van der Waals surface area contributed by atoms with Crippen molar-refractivity contribution in [3.05, 3.63) is 17.5 Å². The fraction of sp³-hybridized carbons (Fsp3) is 0.556. The minimum atomic E-state index is -0.338. The van der Waals surface area contributed by atoms with Crippen LogP contribution in [0.15, 0.2) is 6.20 Å². The summed E-state index contributed by atoms with van der Waals surface area (Å²) in [7, 11) is 7.01. The van der Waals surface area contributed by atoms with Gasteiger partial charge in [-0.3, -0.25) is 4.68 Å². The van der Waals surface area contributed by atoms with Crippen molar-refractivity contribution in [2.75, 3.05) is 21.2 Å². The van der Waals surface area contributed by atoms with Gasteiger partial charge in [-0.05, 0) is 14.1 Å². The molecule has 0 spiro atoms. The number of nitrogens with zero attached hydrogens (tertiary/aromatic N) is 3. The lowest BCUT2D eigenvalue weighted by Gasteiger charge is -2.07. The van der Waals surface area contributed by atoms with Crippen LogP contribution in [0.4, 0.5) is 0 Å². The van der Waals surface area contributed by atoms with E-state index in [1.165, 1.54) is 7.11 Å². The molecule has 5 nitrogen and oxygen atoms in total. The van der Waals surface area contributed by atoms with Crippen LogP contribution in [0.25, 0.3) is 0 Å². The minimum absolute atomic E-state index is 0.338. The second kappa shape index (κ2) is 4.23. The van der Waals surface area contributed by atoms with Gasteiger partial charge in [0, 0.05) is 19.8 Å². The number of carbonyl (C=O) groups is 1. The van der Waals surface area contributed by atoms with Gasteiger partial charge in [0.2, 0.25) is 0 Å². The van der Waals surface area contributed by atoms with E-state index < -0.39 is 0 Å². The van der Waals surface area contributed by atoms with Gasteiger partial charge < -0.3 is 9.64 Å². The zero-order chi connectivity index (χ0) is 10.7. The molecule has 0 fully saturated rings. The first-order chi connectivity index (χ1) is 6.54. The molecule has 1 rings (SSSR count). The van der Waals surface area contributed by atoms with Crippen molar-refractivity contribution in [1.29, 1.82) is 0 Å². The van der Waals surface area contributed by atoms with Gasteiger partial charge in [-0.15, -0.1) is 0 Å². The summed E-state index contributed by atoms with van der Waals surface area (Å²) in [6, 6.07) is 0. The van der Waals surface area contributed by atoms with Crippen LogP contribution in [0.1, 0.15) is 16.1 Å². The number of aryl methyl sites for hydroxylation is 1. The zero-order valence-corrected chi connectivity index (χ0v) is 8.94. The van der Waals surface area contributed by atoms with Crippen LogP contribution in [-0.2, 0) is 18.3 Å². The highest BCUT2D eigenvalue weighted by atomic mass is 16.5. The number of aromatic nitrogens is 2. The van der Waals surface area contributed by atoms with E-state index in [-0.39, 0.29) is 5.97 Å².